The minimum absolute atomic E-state index is 0.168. The van der Waals surface area contributed by atoms with Gasteiger partial charge in [-0.15, -0.1) is 0 Å². The molecule has 0 aliphatic carbocycles. The van der Waals surface area contributed by atoms with Gasteiger partial charge in [-0.3, -0.25) is 14.5 Å². The molecule has 0 atom stereocenters. The number of unbranched alkanes of at least 4 members (excludes halogenated alkanes) is 1. The number of rotatable bonds is 5. The van der Waals surface area contributed by atoms with E-state index >= 15 is 0 Å². The van der Waals surface area contributed by atoms with Crippen LogP contribution in [-0.4, -0.2) is 27.6 Å². The molecule has 0 bridgehead atoms. The maximum Gasteiger partial charge on any atom is 0.267 e. The van der Waals surface area contributed by atoms with Crippen LogP contribution in [0.5, 0.6) is 0 Å². The van der Waals surface area contributed by atoms with Gasteiger partial charge in [0.05, 0.1) is 22.7 Å². The van der Waals surface area contributed by atoms with Crippen LogP contribution in [0.25, 0.3) is 5.57 Å². The molecule has 2 aliphatic rings. The van der Waals surface area contributed by atoms with Crippen molar-refractivity contribution >= 4 is 67.3 Å². The molecule has 2 amide bonds. The Labute approximate surface area is 192 Å². The van der Waals surface area contributed by atoms with E-state index in [9.17, 15) is 14.0 Å². The molecule has 2 aliphatic heterocycles. The van der Waals surface area contributed by atoms with Crippen LogP contribution in [-0.2, 0) is 16.1 Å². The molecule has 2 heterocycles. The van der Waals surface area contributed by atoms with Crippen molar-refractivity contribution in [1.82, 2.24) is 4.90 Å². The molecule has 0 spiro atoms. The zero-order chi connectivity index (χ0) is 21.4. The van der Waals surface area contributed by atoms with Crippen molar-refractivity contribution in [3.63, 3.8) is 0 Å². The Morgan fingerprint density at radius 3 is 2.50 bits per heavy atom. The minimum atomic E-state index is -0.336. The van der Waals surface area contributed by atoms with E-state index in [0.29, 0.717) is 21.3 Å². The van der Waals surface area contributed by atoms with Crippen LogP contribution in [0.2, 0.25) is 0 Å². The van der Waals surface area contributed by atoms with Gasteiger partial charge in [0.2, 0.25) is 0 Å². The van der Waals surface area contributed by atoms with Gasteiger partial charge >= 0.3 is 0 Å². The second-order valence-corrected chi connectivity index (χ2v) is 9.62. The van der Waals surface area contributed by atoms with Gasteiger partial charge in [0.15, 0.2) is 0 Å². The van der Waals surface area contributed by atoms with E-state index in [0.717, 1.165) is 45.9 Å². The zero-order valence-electron chi connectivity index (χ0n) is 16.2. The molecule has 2 aromatic rings. The van der Waals surface area contributed by atoms with Crippen molar-refractivity contribution in [2.45, 2.75) is 26.3 Å². The van der Waals surface area contributed by atoms with E-state index in [1.165, 1.54) is 17.0 Å². The van der Waals surface area contributed by atoms with E-state index in [1.807, 2.05) is 18.2 Å². The highest BCUT2D eigenvalue weighted by Gasteiger charge is 2.41. The molecule has 0 N–H and O–H groups in total. The molecule has 0 aromatic heterocycles. The summed E-state index contributed by atoms with van der Waals surface area (Å²) in [7, 11) is 0. The van der Waals surface area contributed by atoms with E-state index in [1.54, 1.807) is 17.0 Å². The van der Waals surface area contributed by atoms with Gasteiger partial charge in [0.25, 0.3) is 11.8 Å². The summed E-state index contributed by atoms with van der Waals surface area (Å²) in [5.41, 5.74) is 2.73. The van der Waals surface area contributed by atoms with Crippen molar-refractivity contribution in [1.29, 1.82) is 0 Å². The molecule has 0 radical (unpaired) electrons. The number of anilines is 1. The van der Waals surface area contributed by atoms with Crippen LogP contribution in [0.4, 0.5) is 10.1 Å². The first-order valence-electron chi connectivity index (χ1n) is 9.55. The standard InChI is InChI=1S/C22H18BrFN2O2S2/c1-2-3-10-25-17-9-6-14(23)11-16(17)18(20(25)27)19-21(28)26(22(29)30-19)12-13-4-7-15(24)8-5-13/h4-9,11H,2-3,10,12H2,1H3. The van der Waals surface area contributed by atoms with Gasteiger partial charge in [0, 0.05) is 16.6 Å². The first-order valence-corrected chi connectivity index (χ1v) is 11.6. The Hall–Kier alpha value is -2.03. The molecule has 4 rings (SSSR count). The first-order chi connectivity index (χ1) is 14.4. The maximum atomic E-state index is 13.3. The molecule has 2 aromatic carbocycles. The topological polar surface area (TPSA) is 40.6 Å². The average Bonchev–Trinajstić information content (AvgIpc) is 3.14. The van der Waals surface area contributed by atoms with Crippen LogP contribution >= 0.6 is 39.9 Å². The largest absolute Gasteiger partial charge is 0.308 e. The predicted octanol–water partition coefficient (Wildman–Crippen LogP) is 5.51. The molecule has 0 unspecified atom stereocenters. The summed E-state index contributed by atoms with van der Waals surface area (Å²) in [6, 6.07) is 11.6. The van der Waals surface area contributed by atoms with Crippen LogP contribution in [0, 0.1) is 5.82 Å². The summed E-state index contributed by atoms with van der Waals surface area (Å²) in [5, 5.41) is 0. The Kier molecular flexibility index (Phi) is 6.09. The maximum absolute atomic E-state index is 13.3. The van der Waals surface area contributed by atoms with Crippen LogP contribution in [0.3, 0.4) is 0 Å². The molecule has 0 saturated carbocycles. The number of carbonyl (C=O) groups excluding carboxylic acids is 2. The third kappa shape index (κ3) is 3.84. The summed E-state index contributed by atoms with van der Waals surface area (Å²) < 4.78 is 14.4. The number of hydrogen-bond acceptors (Lipinski definition) is 4. The molecular weight excluding hydrogens is 487 g/mol. The number of halogens is 2. The van der Waals surface area contributed by atoms with Gasteiger partial charge < -0.3 is 4.90 Å². The lowest BCUT2D eigenvalue weighted by molar-refractivity contribution is -0.122. The number of benzene rings is 2. The molecule has 1 fully saturated rings. The Morgan fingerprint density at radius 2 is 1.80 bits per heavy atom. The van der Waals surface area contributed by atoms with Gasteiger partial charge in [-0.1, -0.05) is 65.4 Å². The lowest BCUT2D eigenvalue weighted by Crippen LogP contribution is -2.29. The van der Waals surface area contributed by atoms with E-state index < -0.39 is 0 Å². The average molecular weight is 505 g/mol. The van der Waals surface area contributed by atoms with E-state index in [4.69, 9.17) is 12.2 Å². The fourth-order valence-corrected chi connectivity index (χ4v) is 5.21. The third-order valence-corrected chi connectivity index (χ3v) is 6.98. The van der Waals surface area contributed by atoms with Crippen molar-refractivity contribution in [3.05, 3.63) is 68.8 Å². The Morgan fingerprint density at radius 1 is 1.07 bits per heavy atom. The van der Waals surface area contributed by atoms with Crippen LogP contribution < -0.4 is 4.90 Å². The number of nitrogens with zero attached hydrogens (tertiary/aromatic N) is 2. The monoisotopic (exact) mass is 504 g/mol. The van der Waals surface area contributed by atoms with Crippen LogP contribution in [0.1, 0.15) is 30.9 Å². The quantitative estimate of drug-likeness (QED) is 0.397. The Balaban J connectivity index is 1.72. The lowest BCUT2D eigenvalue weighted by atomic mass is 10.1. The summed E-state index contributed by atoms with van der Waals surface area (Å²) in [4.78, 5) is 30.1. The predicted molar refractivity (Wildman–Crippen MR) is 125 cm³/mol. The van der Waals surface area contributed by atoms with Gasteiger partial charge in [0.1, 0.15) is 10.1 Å². The highest BCUT2D eigenvalue weighted by Crippen LogP contribution is 2.45. The number of thioether (sulfide) groups is 1. The minimum Gasteiger partial charge on any atom is -0.308 e. The van der Waals surface area contributed by atoms with Gasteiger partial charge in [-0.2, -0.15) is 0 Å². The second kappa shape index (κ2) is 8.61. The highest BCUT2D eigenvalue weighted by atomic mass is 79.9. The zero-order valence-corrected chi connectivity index (χ0v) is 19.4. The fraction of sp³-hybridized carbons (Fsp3) is 0.227. The number of thiocarbonyl (C=S) groups is 1. The second-order valence-electron chi connectivity index (χ2n) is 7.06. The number of carbonyl (C=O) groups is 2. The highest BCUT2D eigenvalue weighted by molar-refractivity contribution is 9.10. The number of fused-ring (bicyclic) bond motifs is 1. The van der Waals surface area contributed by atoms with Crippen molar-refractivity contribution < 1.29 is 14.0 Å². The van der Waals surface area contributed by atoms with Crippen molar-refractivity contribution in [2.24, 2.45) is 0 Å². The van der Waals surface area contributed by atoms with E-state index in [2.05, 4.69) is 22.9 Å². The molecular formula is C22H18BrFN2O2S2. The van der Waals surface area contributed by atoms with Gasteiger partial charge in [-0.05, 0) is 42.3 Å². The third-order valence-electron chi connectivity index (χ3n) is 5.04. The summed E-state index contributed by atoms with van der Waals surface area (Å²) in [6.07, 6.45) is 1.84. The van der Waals surface area contributed by atoms with Crippen molar-refractivity contribution in [2.75, 3.05) is 11.4 Å². The molecule has 4 nitrogen and oxygen atoms in total. The van der Waals surface area contributed by atoms with E-state index in [-0.39, 0.29) is 24.2 Å². The van der Waals surface area contributed by atoms with Gasteiger partial charge in [-0.25, -0.2) is 4.39 Å². The number of amides is 2. The lowest BCUT2D eigenvalue weighted by Gasteiger charge is -2.16. The summed E-state index contributed by atoms with van der Waals surface area (Å²) >= 11 is 10.1. The summed E-state index contributed by atoms with van der Waals surface area (Å²) in [6.45, 7) is 2.91. The first kappa shape index (κ1) is 21.2. The smallest absolute Gasteiger partial charge is 0.267 e. The molecule has 30 heavy (non-hydrogen) atoms. The SMILES string of the molecule is CCCCN1C(=O)C(=C2SC(=S)N(Cc3ccc(F)cc3)C2=O)c2cc(Br)ccc21. The van der Waals surface area contributed by atoms with Crippen molar-refractivity contribution in [3.8, 4) is 0 Å². The normalized spacial score (nSPS) is 18.6. The molecule has 8 heteroatoms. The molecule has 154 valence electrons. The summed E-state index contributed by atoms with van der Waals surface area (Å²) in [5.74, 6) is -0.795. The fourth-order valence-electron chi connectivity index (χ4n) is 3.52. The number of hydrogen-bond donors (Lipinski definition) is 0. The van der Waals surface area contributed by atoms with Crippen LogP contribution in [0.15, 0.2) is 51.8 Å². The molecule has 1 saturated heterocycles. The Bertz CT molecular complexity index is 1090.